The molecule has 0 spiro atoms. The maximum Gasteiger partial charge on any atom is 0.178 e. The van der Waals surface area contributed by atoms with Crippen LogP contribution in [-0.4, -0.2) is 18.9 Å². The van der Waals surface area contributed by atoms with Crippen molar-refractivity contribution in [3.05, 3.63) is 77.9 Å². The van der Waals surface area contributed by atoms with Gasteiger partial charge in [-0.3, -0.25) is 4.79 Å². The van der Waals surface area contributed by atoms with Crippen LogP contribution in [0.1, 0.15) is 25.0 Å². The predicted octanol–water partition coefficient (Wildman–Crippen LogP) is 4.83. The lowest BCUT2D eigenvalue weighted by Gasteiger charge is -2.20. The highest BCUT2D eigenvalue weighted by molar-refractivity contribution is 6.04. The van der Waals surface area contributed by atoms with E-state index in [1.165, 1.54) is 5.69 Å². The molecule has 0 fully saturated rings. The Labute approximate surface area is 138 Å². The molecule has 2 aromatic rings. The van der Waals surface area contributed by atoms with Crippen LogP contribution >= 0.6 is 0 Å². The Balaban J connectivity index is 1.97. The molecule has 0 saturated carbocycles. The number of rotatable bonds is 7. The molecule has 0 bridgehead atoms. The zero-order valence-electron chi connectivity index (χ0n) is 13.8. The SMILES string of the molecule is CCN(CC)c1ccc(/C=C/C(=O)/C=C/c2ccccc2)cc1. The standard InChI is InChI=1S/C21H23NO/c1-3-22(4-2)20-14-10-19(11-15-20)13-17-21(23)16-12-18-8-6-5-7-9-18/h5-17H,3-4H2,1-2H3/b16-12+,17-13+. The van der Waals surface area contributed by atoms with Crippen molar-refractivity contribution in [3.8, 4) is 0 Å². The number of benzene rings is 2. The van der Waals surface area contributed by atoms with Crippen LogP contribution in [0.5, 0.6) is 0 Å². The van der Waals surface area contributed by atoms with Crippen LogP contribution in [-0.2, 0) is 4.79 Å². The van der Waals surface area contributed by atoms with Gasteiger partial charge in [0.2, 0.25) is 0 Å². The highest BCUT2D eigenvalue weighted by atomic mass is 16.1. The maximum atomic E-state index is 11.9. The summed E-state index contributed by atoms with van der Waals surface area (Å²) < 4.78 is 0. The van der Waals surface area contributed by atoms with Gasteiger partial charge in [-0.05, 0) is 49.3 Å². The van der Waals surface area contributed by atoms with E-state index in [-0.39, 0.29) is 5.78 Å². The van der Waals surface area contributed by atoms with Crippen LogP contribution in [0.2, 0.25) is 0 Å². The highest BCUT2D eigenvalue weighted by Crippen LogP contribution is 2.15. The van der Waals surface area contributed by atoms with Crippen molar-refractivity contribution >= 4 is 23.6 Å². The fraction of sp³-hybridized carbons (Fsp3) is 0.190. The van der Waals surface area contributed by atoms with Crippen molar-refractivity contribution in [2.45, 2.75) is 13.8 Å². The summed E-state index contributed by atoms with van der Waals surface area (Å²) in [6, 6.07) is 18.1. The van der Waals surface area contributed by atoms with Gasteiger partial charge >= 0.3 is 0 Å². The van der Waals surface area contributed by atoms with E-state index in [1.807, 2.05) is 54.6 Å². The Morgan fingerprint density at radius 2 is 1.35 bits per heavy atom. The monoisotopic (exact) mass is 305 g/mol. The van der Waals surface area contributed by atoms with Gasteiger partial charge in [0.05, 0.1) is 0 Å². The predicted molar refractivity (Wildman–Crippen MR) is 99.5 cm³/mol. The number of allylic oxidation sites excluding steroid dienone is 2. The molecule has 0 unspecified atom stereocenters. The highest BCUT2D eigenvalue weighted by Gasteiger charge is 2.00. The minimum atomic E-state index is -0.0123. The molecule has 0 aliphatic carbocycles. The second-order valence-electron chi connectivity index (χ2n) is 5.24. The van der Waals surface area contributed by atoms with Crippen LogP contribution in [0.4, 0.5) is 5.69 Å². The van der Waals surface area contributed by atoms with E-state index in [1.54, 1.807) is 12.2 Å². The first-order chi connectivity index (χ1) is 11.2. The topological polar surface area (TPSA) is 20.3 Å². The van der Waals surface area contributed by atoms with E-state index < -0.39 is 0 Å². The quantitative estimate of drug-likeness (QED) is 0.683. The van der Waals surface area contributed by atoms with Crippen LogP contribution in [0.15, 0.2) is 66.7 Å². The zero-order valence-corrected chi connectivity index (χ0v) is 13.8. The Morgan fingerprint density at radius 3 is 1.87 bits per heavy atom. The fourth-order valence-electron chi connectivity index (χ4n) is 2.36. The third kappa shape index (κ3) is 5.26. The minimum absolute atomic E-state index is 0.0123. The third-order valence-corrected chi connectivity index (χ3v) is 3.70. The smallest absolute Gasteiger partial charge is 0.178 e. The van der Waals surface area contributed by atoms with E-state index in [4.69, 9.17) is 0 Å². The van der Waals surface area contributed by atoms with E-state index in [9.17, 15) is 4.79 Å². The van der Waals surface area contributed by atoms with Crippen LogP contribution in [0.3, 0.4) is 0 Å². The zero-order chi connectivity index (χ0) is 16.5. The number of anilines is 1. The van der Waals surface area contributed by atoms with Gasteiger partial charge in [-0.25, -0.2) is 0 Å². The van der Waals surface area contributed by atoms with Gasteiger partial charge in [-0.1, -0.05) is 54.6 Å². The van der Waals surface area contributed by atoms with E-state index >= 15 is 0 Å². The molecule has 0 saturated heterocycles. The van der Waals surface area contributed by atoms with E-state index in [0.29, 0.717) is 0 Å². The molecule has 0 atom stereocenters. The van der Waals surface area contributed by atoms with Crippen LogP contribution in [0, 0.1) is 0 Å². The molecule has 0 amide bonds. The number of hydrogen-bond donors (Lipinski definition) is 0. The van der Waals surface area contributed by atoms with Gasteiger partial charge in [-0.15, -0.1) is 0 Å². The second-order valence-corrected chi connectivity index (χ2v) is 5.24. The van der Waals surface area contributed by atoms with E-state index in [0.717, 1.165) is 24.2 Å². The number of hydrogen-bond acceptors (Lipinski definition) is 2. The summed E-state index contributed by atoms with van der Waals surface area (Å²) in [4.78, 5) is 14.2. The lowest BCUT2D eigenvalue weighted by Crippen LogP contribution is -2.21. The van der Waals surface area contributed by atoms with Crippen molar-refractivity contribution in [2.24, 2.45) is 0 Å². The van der Waals surface area contributed by atoms with Gasteiger partial charge in [0, 0.05) is 18.8 Å². The Morgan fingerprint density at radius 1 is 0.826 bits per heavy atom. The molecule has 2 nitrogen and oxygen atoms in total. The molecule has 0 aromatic heterocycles. The van der Waals surface area contributed by atoms with Crippen LogP contribution < -0.4 is 4.90 Å². The number of ketones is 1. The first kappa shape index (κ1) is 16.8. The summed E-state index contributed by atoms with van der Waals surface area (Å²) in [7, 11) is 0. The summed E-state index contributed by atoms with van der Waals surface area (Å²) in [5, 5.41) is 0. The summed E-state index contributed by atoms with van der Waals surface area (Å²) in [6.45, 7) is 6.28. The summed E-state index contributed by atoms with van der Waals surface area (Å²) in [6.07, 6.45) is 6.88. The Kier molecular flexibility index (Phi) is 6.37. The fourth-order valence-corrected chi connectivity index (χ4v) is 2.36. The first-order valence-electron chi connectivity index (χ1n) is 8.03. The molecule has 118 valence electrons. The molecule has 0 aliphatic rings. The number of nitrogens with zero attached hydrogens (tertiary/aromatic N) is 1. The summed E-state index contributed by atoms with van der Waals surface area (Å²) >= 11 is 0. The first-order valence-corrected chi connectivity index (χ1v) is 8.03. The summed E-state index contributed by atoms with van der Waals surface area (Å²) in [5.41, 5.74) is 3.27. The lowest BCUT2D eigenvalue weighted by atomic mass is 10.1. The normalized spacial score (nSPS) is 11.2. The molecular formula is C21H23NO. The molecule has 23 heavy (non-hydrogen) atoms. The van der Waals surface area contributed by atoms with Gasteiger partial charge in [0.1, 0.15) is 0 Å². The van der Waals surface area contributed by atoms with Crippen molar-refractivity contribution in [1.29, 1.82) is 0 Å². The minimum Gasteiger partial charge on any atom is -0.372 e. The van der Waals surface area contributed by atoms with Gasteiger partial charge in [0.25, 0.3) is 0 Å². The molecule has 2 heteroatoms. The van der Waals surface area contributed by atoms with Gasteiger partial charge in [-0.2, -0.15) is 0 Å². The maximum absolute atomic E-state index is 11.9. The number of carbonyl (C=O) groups excluding carboxylic acids is 1. The second kappa shape index (κ2) is 8.74. The van der Waals surface area contributed by atoms with Crippen molar-refractivity contribution in [3.63, 3.8) is 0 Å². The lowest BCUT2D eigenvalue weighted by molar-refractivity contribution is -0.110. The van der Waals surface area contributed by atoms with Gasteiger partial charge in [0.15, 0.2) is 5.78 Å². The molecule has 0 heterocycles. The van der Waals surface area contributed by atoms with E-state index in [2.05, 4.69) is 30.9 Å². The number of carbonyl (C=O) groups is 1. The van der Waals surface area contributed by atoms with Crippen molar-refractivity contribution in [1.82, 2.24) is 0 Å². The molecular weight excluding hydrogens is 282 g/mol. The Hall–Kier alpha value is -2.61. The third-order valence-electron chi connectivity index (χ3n) is 3.70. The average molecular weight is 305 g/mol. The molecule has 2 rings (SSSR count). The van der Waals surface area contributed by atoms with Crippen molar-refractivity contribution < 1.29 is 4.79 Å². The summed E-state index contributed by atoms with van der Waals surface area (Å²) in [5.74, 6) is -0.0123. The molecule has 0 radical (unpaired) electrons. The average Bonchev–Trinajstić information content (AvgIpc) is 2.61. The van der Waals surface area contributed by atoms with Crippen LogP contribution in [0.25, 0.3) is 12.2 Å². The molecule has 2 aromatic carbocycles. The van der Waals surface area contributed by atoms with Crippen molar-refractivity contribution in [2.75, 3.05) is 18.0 Å². The van der Waals surface area contributed by atoms with Gasteiger partial charge < -0.3 is 4.90 Å². The largest absolute Gasteiger partial charge is 0.372 e. The molecule has 0 N–H and O–H groups in total. The molecule has 0 aliphatic heterocycles. The Bertz CT molecular complexity index is 665.